The first-order valence-electron chi connectivity index (χ1n) is 12.6. The molecule has 1 unspecified atom stereocenters. The number of amides is 1. The predicted molar refractivity (Wildman–Crippen MR) is 123 cm³/mol. The van der Waals surface area contributed by atoms with E-state index in [4.69, 9.17) is 9.47 Å². The molecule has 1 amide bonds. The van der Waals surface area contributed by atoms with Gasteiger partial charge in [-0.15, -0.1) is 5.10 Å². The third-order valence-corrected chi connectivity index (χ3v) is 8.21. The summed E-state index contributed by atoms with van der Waals surface area (Å²) in [6, 6.07) is 6.15. The number of aromatic nitrogens is 3. The fraction of sp³-hybridized carbons (Fsp3) is 0.640. The third kappa shape index (κ3) is 4.15. The minimum Gasteiger partial charge on any atom is -0.454 e. The van der Waals surface area contributed by atoms with Crippen LogP contribution in [0.25, 0.3) is 0 Å². The van der Waals surface area contributed by atoms with Crippen LogP contribution in [0.4, 0.5) is 0 Å². The van der Waals surface area contributed by atoms with Crippen molar-refractivity contribution in [2.24, 2.45) is 11.8 Å². The molecule has 1 saturated carbocycles. The molecule has 9 heteroatoms. The maximum absolute atomic E-state index is 13.0. The fourth-order valence-electron chi connectivity index (χ4n) is 6.21. The van der Waals surface area contributed by atoms with Crippen molar-refractivity contribution in [2.45, 2.75) is 69.7 Å². The number of nitrogens with zero attached hydrogens (tertiary/aromatic N) is 4. The minimum atomic E-state index is -0.816. The molecular weight excluding hydrogens is 434 g/mol. The Hall–Kier alpha value is -2.65. The summed E-state index contributed by atoms with van der Waals surface area (Å²) in [5.41, 5.74) is 0.908. The number of piperidine rings is 3. The topological polar surface area (TPSA) is 102 Å². The normalized spacial score (nSPS) is 29.2. The van der Waals surface area contributed by atoms with E-state index >= 15 is 0 Å². The van der Waals surface area contributed by atoms with Crippen molar-refractivity contribution >= 4 is 5.91 Å². The Labute approximate surface area is 199 Å². The Morgan fingerprint density at radius 2 is 2.06 bits per heavy atom. The molecule has 5 aliphatic rings. The van der Waals surface area contributed by atoms with E-state index < -0.39 is 5.60 Å². The average molecular weight is 468 g/mol. The maximum atomic E-state index is 13.0. The molecule has 0 spiro atoms. The second-order valence-corrected chi connectivity index (χ2v) is 10.4. The molecule has 5 heterocycles. The second kappa shape index (κ2) is 8.85. The van der Waals surface area contributed by atoms with Gasteiger partial charge in [0.1, 0.15) is 11.3 Å². The van der Waals surface area contributed by atoms with Crippen LogP contribution in [0.1, 0.15) is 56.2 Å². The summed E-state index contributed by atoms with van der Waals surface area (Å²) in [6.45, 7) is 3.31. The van der Waals surface area contributed by atoms with Crippen LogP contribution in [0.2, 0.25) is 0 Å². The van der Waals surface area contributed by atoms with Gasteiger partial charge in [0, 0.05) is 19.1 Å². The molecule has 4 aliphatic heterocycles. The summed E-state index contributed by atoms with van der Waals surface area (Å²) in [5, 5.41) is 22.8. The van der Waals surface area contributed by atoms with Gasteiger partial charge < -0.3 is 19.9 Å². The molecule has 34 heavy (non-hydrogen) atoms. The molecule has 9 nitrogen and oxygen atoms in total. The standard InChI is InChI=1S/C25H33N5O4/c31-24(26-12-17-4-5-21-22(10-17)34-16-33-21)20-14-29-9-6-18(20)11-19(29)13-30-15-23(27-28-30)25(32)7-2-1-3-8-25/h4-5,10,15,18-20,32H,1-3,6-9,11-14,16H2,(H,26,31)/t18-,19-,20+/m1/s1. The van der Waals surface area contributed by atoms with Crippen LogP contribution in [0.3, 0.4) is 0 Å². The summed E-state index contributed by atoms with van der Waals surface area (Å²) in [7, 11) is 0. The largest absolute Gasteiger partial charge is 0.454 e. The highest BCUT2D eigenvalue weighted by Crippen LogP contribution is 2.38. The lowest BCUT2D eigenvalue weighted by atomic mass is 9.75. The Balaban J connectivity index is 1.04. The Bertz CT molecular complexity index is 1050. The van der Waals surface area contributed by atoms with Crippen LogP contribution < -0.4 is 14.8 Å². The van der Waals surface area contributed by atoms with Crippen LogP contribution in [0.15, 0.2) is 24.4 Å². The van der Waals surface area contributed by atoms with Crippen molar-refractivity contribution in [3.8, 4) is 11.5 Å². The Morgan fingerprint density at radius 3 is 2.88 bits per heavy atom. The van der Waals surface area contributed by atoms with Crippen LogP contribution in [-0.4, -0.2) is 56.8 Å². The Morgan fingerprint density at radius 1 is 1.21 bits per heavy atom. The van der Waals surface area contributed by atoms with Gasteiger partial charge in [0.25, 0.3) is 0 Å². The number of carbonyl (C=O) groups excluding carboxylic acids is 1. The first-order valence-corrected chi connectivity index (χ1v) is 12.6. The summed E-state index contributed by atoms with van der Waals surface area (Å²) in [5.74, 6) is 2.04. The number of fused-ring (bicyclic) bond motifs is 4. The number of carbonyl (C=O) groups is 1. The lowest BCUT2D eigenvalue weighted by Gasteiger charge is -2.49. The highest BCUT2D eigenvalue weighted by atomic mass is 16.7. The van der Waals surface area contributed by atoms with E-state index in [2.05, 4.69) is 20.5 Å². The first kappa shape index (κ1) is 21.9. The molecule has 1 aromatic carbocycles. The molecule has 1 aromatic heterocycles. The number of rotatable bonds is 6. The first-order chi connectivity index (χ1) is 16.6. The summed E-state index contributed by atoms with van der Waals surface area (Å²) < 4.78 is 12.7. The van der Waals surface area contributed by atoms with Crippen molar-refractivity contribution in [3.05, 3.63) is 35.7 Å². The van der Waals surface area contributed by atoms with Gasteiger partial charge in [-0.1, -0.05) is 30.5 Å². The smallest absolute Gasteiger partial charge is 0.231 e. The van der Waals surface area contributed by atoms with Crippen molar-refractivity contribution in [2.75, 3.05) is 19.9 Å². The number of hydrogen-bond donors (Lipinski definition) is 2. The zero-order valence-corrected chi connectivity index (χ0v) is 19.5. The van der Waals surface area contributed by atoms with E-state index in [0.717, 1.165) is 75.2 Å². The molecule has 1 aliphatic carbocycles. The average Bonchev–Trinajstić information content (AvgIpc) is 3.53. The van der Waals surface area contributed by atoms with Crippen molar-refractivity contribution in [3.63, 3.8) is 0 Å². The molecule has 2 bridgehead atoms. The van der Waals surface area contributed by atoms with Gasteiger partial charge in [0.2, 0.25) is 12.7 Å². The molecule has 4 atom stereocenters. The number of aliphatic hydroxyl groups is 1. The van der Waals surface area contributed by atoms with Crippen LogP contribution in [-0.2, 0) is 23.5 Å². The van der Waals surface area contributed by atoms with E-state index in [0.29, 0.717) is 24.2 Å². The highest BCUT2D eigenvalue weighted by Gasteiger charge is 2.43. The van der Waals surface area contributed by atoms with Gasteiger partial charge in [-0.05, 0) is 55.8 Å². The van der Waals surface area contributed by atoms with Gasteiger partial charge in [-0.3, -0.25) is 14.4 Å². The van der Waals surface area contributed by atoms with Crippen molar-refractivity contribution < 1.29 is 19.4 Å². The van der Waals surface area contributed by atoms with E-state index in [1.54, 1.807) is 0 Å². The van der Waals surface area contributed by atoms with Gasteiger partial charge in [0.15, 0.2) is 11.5 Å². The molecule has 4 fully saturated rings. The van der Waals surface area contributed by atoms with Crippen molar-refractivity contribution in [1.29, 1.82) is 0 Å². The van der Waals surface area contributed by atoms with Gasteiger partial charge in [0.05, 0.1) is 18.7 Å². The zero-order valence-electron chi connectivity index (χ0n) is 19.5. The van der Waals surface area contributed by atoms with E-state index in [1.165, 1.54) is 6.42 Å². The maximum Gasteiger partial charge on any atom is 0.231 e. The predicted octanol–water partition coefficient (Wildman–Crippen LogP) is 2.19. The molecular formula is C25H33N5O4. The summed E-state index contributed by atoms with van der Waals surface area (Å²) in [4.78, 5) is 15.5. The molecule has 0 radical (unpaired) electrons. The van der Waals surface area contributed by atoms with Gasteiger partial charge in [-0.2, -0.15) is 0 Å². The monoisotopic (exact) mass is 467 g/mol. The number of hydrogen-bond acceptors (Lipinski definition) is 7. The van der Waals surface area contributed by atoms with E-state index in [9.17, 15) is 9.90 Å². The van der Waals surface area contributed by atoms with Gasteiger partial charge in [-0.25, -0.2) is 0 Å². The highest BCUT2D eigenvalue weighted by molar-refractivity contribution is 5.79. The van der Waals surface area contributed by atoms with Crippen LogP contribution in [0.5, 0.6) is 11.5 Å². The molecule has 3 saturated heterocycles. The quantitative estimate of drug-likeness (QED) is 0.671. The SMILES string of the molecule is O=C(NCc1ccc2c(c1)OCO2)[C@H]1CN2CC[C@@H]1C[C@@H]2Cn1cc(C2(O)CCCCC2)nn1. The molecule has 7 rings (SSSR count). The molecule has 2 aromatic rings. The minimum absolute atomic E-state index is 0.0215. The van der Waals surface area contributed by atoms with E-state index in [1.807, 2.05) is 29.1 Å². The van der Waals surface area contributed by atoms with Crippen LogP contribution >= 0.6 is 0 Å². The molecule has 2 N–H and O–H groups in total. The lowest BCUT2D eigenvalue weighted by molar-refractivity contribution is -0.133. The number of nitrogens with one attached hydrogen (secondary N) is 1. The second-order valence-electron chi connectivity index (χ2n) is 10.4. The lowest BCUT2D eigenvalue weighted by Crippen LogP contribution is -2.58. The Kier molecular flexibility index (Phi) is 5.69. The van der Waals surface area contributed by atoms with Gasteiger partial charge >= 0.3 is 0 Å². The van der Waals surface area contributed by atoms with Crippen molar-refractivity contribution in [1.82, 2.24) is 25.2 Å². The molecule has 182 valence electrons. The summed E-state index contributed by atoms with van der Waals surface area (Å²) >= 11 is 0. The number of ether oxygens (including phenoxy) is 2. The summed E-state index contributed by atoms with van der Waals surface area (Å²) in [6.07, 6.45) is 8.78. The van der Waals surface area contributed by atoms with Crippen LogP contribution in [0, 0.1) is 11.8 Å². The third-order valence-electron chi connectivity index (χ3n) is 8.21. The number of benzene rings is 1. The van der Waals surface area contributed by atoms with E-state index in [-0.39, 0.29) is 18.6 Å². The zero-order chi connectivity index (χ0) is 23.1. The fourth-order valence-corrected chi connectivity index (χ4v) is 6.21.